The largest absolute Gasteiger partial charge is 0.393 e. The van der Waals surface area contributed by atoms with Gasteiger partial charge in [-0.05, 0) is 25.0 Å². The molecule has 2 aromatic heterocycles. The fourth-order valence-corrected chi connectivity index (χ4v) is 2.35. The van der Waals surface area contributed by atoms with Gasteiger partial charge in [0.05, 0.1) is 6.10 Å². The van der Waals surface area contributed by atoms with Crippen LogP contribution in [-0.4, -0.2) is 32.3 Å². The summed E-state index contributed by atoms with van der Waals surface area (Å²) in [5.74, 6) is 1.25. The highest BCUT2D eigenvalue weighted by molar-refractivity contribution is 5.36. The van der Waals surface area contributed by atoms with E-state index in [9.17, 15) is 5.11 Å². The third kappa shape index (κ3) is 2.93. The predicted octanol–water partition coefficient (Wildman–Crippen LogP) is 1.63. The minimum atomic E-state index is -0.148. The lowest BCUT2D eigenvalue weighted by atomic mass is 9.80. The van der Waals surface area contributed by atoms with Crippen molar-refractivity contribution in [3.05, 3.63) is 42.6 Å². The normalized spacial score (nSPS) is 21.9. The second-order valence-corrected chi connectivity index (χ2v) is 5.00. The zero-order valence-electron chi connectivity index (χ0n) is 10.7. The van der Waals surface area contributed by atoms with Gasteiger partial charge < -0.3 is 15.0 Å². The van der Waals surface area contributed by atoms with Gasteiger partial charge in [-0.2, -0.15) is 0 Å². The Morgan fingerprint density at radius 3 is 2.79 bits per heavy atom. The molecule has 0 saturated heterocycles. The molecule has 0 spiro atoms. The lowest BCUT2D eigenvalue weighted by Crippen LogP contribution is -2.27. The van der Waals surface area contributed by atoms with Crippen LogP contribution in [0.4, 0.5) is 5.82 Å². The van der Waals surface area contributed by atoms with Crippen molar-refractivity contribution >= 4 is 5.82 Å². The van der Waals surface area contributed by atoms with Gasteiger partial charge in [0.2, 0.25) is 0 Å². The second kappa shape index (κ2) is 5.40. The number of nitrogens with zero attached hydrogens (tertiary/aromatic N) is 3. The molecule has 0 aliphatic heterocycles. The molecule has 1 fully saturated rings. The van der Waals surface area contributed by atoms with E-state index in [1.165, 1.54) is 0 Å². The van der Waals surface area contributed by atoms with Gasteiger partial charge in [-0.1, -0.05) is 0 Å². The number of rotatable bonds is 5. The average molecular weight is 258 g/mol. The van der Waals surface area contributed by atoms with Crippen LogP contribution < -0.4 is 5.32 Å². The predicted molar refractivity (Wildman–Crippen MR) is 72.9 cm³/mol. The van der Waals surface area contributed by atoms with Crippen LogP contribution in [0.3, 0.4) is 0 Å². The van der Waals surface area contributed by atoms with Gasteiger partial charge in [0.25, 0.3) is 0 Å². The van der Waals surface area contributed by atoms with E-state index in [0.29, 0.717) is 5.92 Å². The molecule has 0 amide bonds. The van der Waals surface area contributed by atoms with Crippen molar-refractivity contribution in [1.29, 1.82) is 0 Å². The van der Waals surface area contributed by atoms with E-state index in [2.05, 4.69) is 19.9 Å². The number of nitrogens with one attached hydrogen (secondary N) is 1. The molecule has 0 unspecified atom stereocenters. The van der Waals surface area contributed by atoms with Crippen LogP contribution in [0.15, 0.2) is 36.9 Å². The summed E-state index contributed by atoms with van der Waals surface area (Å²) >= 11 is 0. The highest BCUT2D eigenvalue weighted by Gasteiger charge is 2.29. The first-order chi connectivity index (χ1) is 9.31. The maximum Gasteiger partial charge on any atom is 0.129 e. The molecule has 2 heterocycles. The zero-order valence-corrected chi connectivity index (χ0v) is 10.7. The Kier molecular flexibility index (Phi) is 3.46. The third-order valence-electron chi connectivity index (χ3n) is 3.56. The van der Waals surface area contributed by atoms with E-state index >= 15 is 0 Å². The van der Waals surface area contributed by atoms with Gasteiger partial charge in [-0.15, -0.1) is 0 Å². The molecule has 0 aromatic carbocycles. The summed E-state index contributed by atoms with van der Waals surface area (Å²) in [6.45, 7) is 1.74. The van der Waals surface area contributed by atoms with Crippen molar-refractivity contribution in [2.45, 2.75) is 31.4 Å². The number of hydrogen-bond donors (Lipinski definition) is 2. The van der Waals surface area contributed by atoms with Crippen LogP contribution in [-0.2, 0) is 6.54 Å². The lowest BCUT2D eigenvalue weighted by molar-refractivity contribution is 0.0732. The highest BCUT2D eigenvalue weighted by atomic mass is 16.3. The maximum absolute atomic E-state index is 9.33. The number of aliphatic hydroxyl groups excluding tert-OH is 1. The molecule has 3 rings (SSSR count). The summed E-state index contributed by atoms with van der Waals surface area (Å²) in [6.07, 6.45) is 7.17. The summed E-state index contributed by atoms with van der Waals surface area (Å²) in [6, 6.07) is 6.03. The van der Waals surface area contributed by atoms with Gasteiger partial charge >= 0.3 is 0 Å². The van der Waals surface area contributed by atoms with Crippen LogP contribution in [0.5, 0.6) is 0 Å². The van der Waals surface area contributed by atoms with Gasteiger partial charge in [0.15, 0.2) is 0 Å². The Morgan fingerprint density at radius 2 is 2.05 bits per heavy atom. The van der Waals surface area contributed by atoms with Crippen molar-refractivity contribution in [2.24, 2.45) is 0 Å². The Bertz CT molecular complexity index is 520. The first-order valence-corrected chi connectivity index (χ1v) is 6.66. The summed E-state index contributed by atoms with van der Waals surface area (Å²) in [4.78, 5) is 8.51. The molecule has 0 bridgehead atoms. The molecule has 1 aliphatic rings. The average Bonchev–Trinajstić information content (AvgIpc) is 2.89. The smallest absolute Gasteiger partial charge is 0.129 e. The summed E-state index contributed by atoms with van der Waals surface area (Å²) in [7, 11) is 0. The molecular formula is C14H18N4O. The monoisotopic (exact) mass is 258 g/mol. The van der Waals surface area contributed by atoms with Crippen molar-refractivity contribution in [3.8, 4) is 0 Å². The second-order valence-electron chi connectivity index (χ2n) is 5.00. The number of aliphatic hydroxyl groups is 1. The van der Waals surface area contributed by atoms with E-state index < -0.39 is 0 Å². The lowest BCUT2D eigenvalue weighted by Gasteiger charge is -2.30. The maximum atomic E-state index is 9.33. The van der Waals surface area contributed by atoms with Crippen molar-refractivity contribution in [2.75, 3.05) is 11.9 Å². The molecule has 2 N–H and O–H groups in total. The Balaban J connectivity index is 1.54. The fraction of sp³-hybridized carbons (Fsp3) is 0.429. The molecule has 5 heteroatoms. The summed E-state index contributed by atoms with van der Waals surface area (Å²) in [5.41, 5.74) is 1.03. The Hall–Kier alpha value is -1.88. The van der Waals surface area contributed by atoms with Crippen LogP contribution in [0.1, 0.15) is 24.5 Å². The molecule has 100 valence electrons. The molecule has 0 atom stereocenters. The van der Waals surface area contributed by atoms with Crippen molar-refractivity contribution in [1.82, 2.24) is 14.5 Å². The number of hydrogen-bond acceptors (Lipinski definition) is 4. The van der Waals surface area contributed by atoms with E-state index in [0.717, 1.165) is 37.4 Å². The minimum absolute atomic E-state index is 0.148. The minimum Gasteiger partial charge on any atom is -0.393 e. The summed E-state index contributed by atoms with van der Waals surface area (Å²) < 4.78 is 2.12. The number of anilines is 1. The van der Waals surface area contributed by atoms with E-state index in [1.807, 2.05) is 30.6 Å². The standard InChI is InChI=1S/C14H18N4O/c19-12-7-11(8-12)13-9-14(17-10-16-13)15-3-6-18-4-1-2-5-18/h1-2,4-5,9-12,19H,3,6-8H2,(H,15,16,17). The fourth-order valence-electron chi connectivity index (χ4n) is 2.35. The van der Waals surface area contributed by atoms with Gasteiger partial charge in [-0.3, -0.25) is 0 Å². The third-order valence-corrected chi connectivity index (χ3v) is 3.56. The van der Waals surface area contributed by atoms with Crippen LogP contribution in [0, 0.1) is 0 Å². The highest BCUT2D eigenvalue weighted by Crippen LogP contribution is 2.35. The molecule has 1 aliphatic carbocycles. The van der Waals surface area contributed by atoms with Gasteiger partial charge in [0, 0.05) is 43.2 Å². The van der Waals surface area contributed by atoms with E-state index in [4.69, 9.17) is 0 Å². The molecule has 5 nitrogen and oxygen atoms in total. The molecule has 19 heavy (non-hydrogen) atoms. The quantitative estimate of drug-likeness (QED) is 0.855. The SMILES string of the molecule is OC1CC(c2cc(NCCn3cccc3)ncn2)C1. The topological polar surface area (TPSA) is 63.0 Å². The molecule has 1 saturated carbocycles. The van der Waals surface area contributed by atoms with Crippen molar-refractivity contribution in [3.63, 3.8) is 0 Å². The molecule has 0 radical (unpaired) electrons. The molecular weight excluding hydrogens is 240 g/mol. The van der Waals surface area contributed by atoms with Crippen LogP contribution in [0.2, 0.25) is 0 Å². The molecule has 2 aromatic rings. The Morgan fingerprint density at radius 1 is 1.26 bits per heavy atom. The van der Waals surface area contributed by atoms with E-state index in [-0.39, 0.29) is 6.10 Å². The summed E-state index contributed by atoms with van der Waals surface area (Å²) in [5, 5.41) is 12.6. The van der Waals surface area contributed by atoms with Crippen LogP contribution >= 0.6 is 0 Å². The first kappa shape index (κ1) is 12.2. The van der Waals surface area contributed by atoms with Crippen molar-refractivity contribution < 1.29 is 5.11 Å². The van der Waals surface area contributed by atoms with Gasteiger partial charge in [0.1, 0.15) is 12.1 Å². The first-order valence-electron chi connectivity index (χ1n) is 6.66. The van der Waals surface area contributed by atoms with Gasteiger partial charge in [-0.25, -0.2) is 9.97 Å². The van der Waals surface area contributed by atoms with E-state index in [1.54, 1.807) is 6.33 Å². The Labute approximate surface area is 112 Å². The van der Waals surface area contributed by atoms with Crippen LogP contribution in [0.25, 0.3) is 0 Å². The zero-order chi connectivity index (χ0) is 13.1. The number of aromatic nitrogens is 3.